The second kappa shape index (κ2) is 3.26. The third-order valence-corrected chi connectivity index (χ3v) is 2.71. The molecule has 2 rings (SSSR count). The van der Waals surface area contributed by atoms with Crippen molar-refractivity contribution in [3.05, 3.63) is 30.0 Å². The van der Waals surface area contributed by atoms with Crippen LogP contribution in [-0.2, 0) is 10.7 Å². The normalized spacial score (nSPS) is 10.9. The van der Waals surface area contributed by atoms with Gasteiger partial charge in [-0.1, -0.05) is 12.1 Å². The van der Waals surface area contributed by atoms with E-state index in [9.17, 15) is 13.2 Å². The van der Waals surface area contributed by atoms with Crippen LogP contribution in [0.25, 0.3) is 11.0 Å². The zero-order valence-electron chi connectivity index (χ0n) is 6.97. The van der Waals surface area contributed by atoms with Crippen molar-refractivity contribution in [2.24, 2.45) is 0 Å². The smallest absolute Gasteiger partial charge is 0.186 e. The zero-order chi connectivity index (χ0) is 10.1. The molecule has 0 spiro atoms. The van der Waals surface area contributed by atoms with Gasteiger partial charge in [0.15, 0.2) is 22.8 Å². The van der Waals surface area contributed by atoms with Crippen molar-refractivity contribution in [3.63, 3.8) is 0 Å². The van der Waals surface area contributed by atoms with E-state index in [4.69, 9.17) is 4.42 Å². The van der Waals surface area contributed by atoms with Crippen molar-refractivity contribution in [1.29, 1.82) is 0 Å². The summed E-state index contributed by atoms with van der Waals surface area (Å²) in [6.45, 7) is 0. The van der Waals surface area contributed by atoms with Crippen LogP contribution in [0.3, 0.4) is 0 Å². The highest BCUT2D eigenvalue weighted by Crippen LogP contribution is 2.25. The van der Waals surface area contributed by atoms with Crippen LogP contribution in [0.2, 0.25) is 0 Å². The molecule has 0 radical (unpaired) electrons. The Morgan fingerprint density at radius 1 is 1.21 bits per heavy atom. The molecule has 1 heterocycles. The van der Waals surface area contributed by atoms with Gasteiger partial charge in [-0.05, 0) is 12.1 Å². The molecule has 4 nitrogen and oxygen atoms in total. The van der Waals surface area contributed by atoms with Crippen LogP contribution in [0.15, 0.2) is 33.6 Å². The van der Waals surface area contributed by atoms with E-state index in [1.165, 1.54) is 0 Å². The number of fused-ring (bicyclic) bond motifs is 1. The Morgan fingerprint density at radius 3 is 2.57 bits per heavy atom. The lowest BCUT2D eigenvalue weighted by atomic mass is 10.2. The molecular weight excluding hydrogens is 204 g/mol. The predicted octanol–water partition coefficient (Wildman–Crippen LogP) is 1.22. The third kappa shape index (κ3) is 1.22. The van der Waals surface area contributed by atoms with Gasteiger partial charge in [-0.15, -0.1) is 0 Å². The highest BCUT2D eigenvalue weighted by molar-refractivity contribution is 7.72. The summed E-state index contributed by atoms with van der Waals surface area (Å²) in [6.07, 6.45) is 0.403. The zero-order valence-corrected chi connectivity index (χ0v) is 7.86. The van der Waals surface area contributed by atoms with Crippen LogP contribution in [0.4, 0.5) is 0 Å². The first-order chi connectivity index (χ1) is 6.74. The summed E-state index contributed by atoms with van der Waals surface area (Å²) in [6, 6.07) is 6.62. The number of para-hydroxylation sites is 1. The van der Waals surface area contributed by atoms with Gasteiger partial charge in [-0.3, -0.25) is 4.79 Å². The number of rotatable bonds is 2. The molecule has 0 aliphatic rings. The van der Waals surface area contributed by atoms with Gasteiger partial charge in [-0.25, -0.2) is 8.42 Å². The standard InChI is InChI=1S/C9H6O4S/c10-5-8-9(14(11)12)6-3-1-2-4-7(6)13-8/h1-5,14H. The maximum Gasteiger partial charge on any atom is 0.186 e. The Hall–Kier alpha value is -1.62. The van der Waals surface area contributed by atoms with Gasteiger partial charge in [0.25, 0.3) is 0 Å². The van der Waals surface area contributed by atoms with Crippen molar-refractivity contribution < 1.29 is 17.6 Å². The highest BCUT2D eigenvalue weighted by Gasteiger charge is 2.14. The summed E-state index contributed by atoms with van der Waals surface area (Å²) < 4.78 is 26.8. The van der Waals surface area contributed by atoms with Gasteiger partial charge in [0.05, 0.1) is 0 Å². The van der Waals surface area contributed by atoms with E-state index in [1.54, 1.807) is 24.3 Å². The van der Waals surface area contributed by atoms with E-state index >= 15 is 0 Å². The monoisotopic (exact) mass is 210 g/mol. The SMILES string of the molecule is O=Cc1oc2ccccc2c1[SH](=O)=O. The second-order valence-electron chi connectivity index (χ2n) is 2.69. The lowest BCUT2D eigenvalue weighted by Gasteiger charge is -1.85. The van der Waals surface area contributed by atoms with Gasteiger partial charge >= 0.3 is 0 Å². The third-order valence-electron chi connectivity index (χ3n) is 1.89. The lowest BCUT2D eigenvalue weighted by molar-refractivity contribution is 0.109. The van der Waals surface area contributed by atoms with Crippen molar-refractivity contribution in [3.8, 4) is 0 Å². The molecule has 0 unspecified atom stereocenters. The first kappa shape index (κ1) is 8.96. The minimum atomic E-state index is -2.81. The fraction of sp³-hybridized carbons (Fsp3) is 0. The molecule has 5 heteroatoms. The molecule has 1 aromatic heterocycles. The molecule has 0 saturated heterocycles. The summed E-state index contributed by atoms with van der Waals surface area (Å²) in [5.74, 6) is -0.137. The van der Waals surface area contributed by atoms with Gasteiger partial charge in [0, 0.05) is 5.39 Å². The average molecular weight is 210 g/mol. The van der Waals surface area contributed by atoms with Crippen LogP contribution in [0.1, 0.15) is 10.6 Å². The number of hydrogen-bond donors (Lipinski definition) is 1. The number of aldehydes is 1. The minimum Gasteiger partial charge on any atom is -0.452 e. The average Bonchev–Trinajstić information content (AvgIpc) is 2.55. The molecule has 0 amide bonds. The first-order valence-corrected chi connectivity index (χ1v) is 5.03. The molecule has 0 bridgehead atoms. The number of furan rings is 1. The van der Waals surface area contributed by atoms with E-state index in [0.717, 1.165) is 0 Å². The molecule has 14 heavy (non-hydrogen) atoms. The van der Waals surface area contributed by atoms with E-state index in [2.05, 4.69) is 0 Å². The minimum absolute atomic E-state index is 0.0365. The molecule has 72 valence electrons. The summed E-state index contributed by atoms with van der Waals surface area (Å²) in [4.78, 5) is 10.5. The molecule has 1 aromatic carbocycles. The van der Waals surface area contributed by atoms with Crippen LogP contribution in [-0.4, -0.2) is 14.7 Å². The van der Waals surface area contributed by atoms with Crippen LogP contribution >= 0.6 is 0 Å². The maximum absolute atomic E-state index is 10.9. The van der Waals surface area contributed by atoms with Gasteiger partial charge in [0.2, 0.25) is 0 Å². The largest absolute Gasteiger partial charge is 0.452 e. The van der Waals surface area contributed by atoms with Crippen molar-refractivity contribution in [1.82, 2.24) is 0 Å². The Morgan fingerprint density at radius 2 is 1.93 bits per heavy atom. The van der Waals surface area contributed by atoms with Gasteiger partial charge < -0.3 is 4.42 Å². The summed E-state index contributed by atoms with van der Waals surface area (Å²) in [7, 11) is -2.81. The van der Waals surface area contributed by atoms with E-state index in [-0.39, 0.29) is 10.7 Å². The molecule has 0 fully saturated rings. The number of benzene rings is 1. The summed E-state index contributed by atoms with van der Waals surface area (Å²) in [5, 5.41) is 0.450. The summed E-state index contributed by atoms with van der Waals surface area (Å²) in [5.41, 5.74) is 0.406. The van der Waals surface area contributed by atoms with Gasteiger partial charge in [0.1, 0.15) is 10.5 Å². The molecule has 2 aromatic rings. The molecule has 0 saturated carbocycles. The number of carbonyl (C=O) groups is 1. The fourth-order valence-electron chi connectivity index (χ4n) is 1.32. The predicted molar refractivity (Wildman–Crippen MR) is 50.2 cm³/mol. The topological polar surface area (TPSA) is 64.3 Å². The quantitative estimate of drug-likeness (QED) is 0.597. The Bertz CT molecular complexity index is 557. The first-order valence-electron chi connectivity index (χ1n) is 3.85. The number of hydrogen-bond acceptors (Lipinski definition) is 4. The van der Waals surface area contributed by atoms with E-state index in [0.29, 0.717) is 17.3 Å². The van der Waals surface area contributed by atoms with E-state index < -0.39 is 10.7 Å². The summed E-state index contributed by atoms with van der Waals surface area (Å²) >= 11 is 0. The number of carbonyl (C=O) groups excluding carboxylic acids is 1. The Kier molecular flexibility index (Phi) is 2.09. The van der Waals surface area contributed by atoms with Crippen molar-refractivity contribution in [2.75, 3.05) is 0 Å². The van der Waals surface area contributed by atoms with Gasteiger partial charge in [-0.2, -0.15) is 0 Å². The molecule has 0 aliphatic heterocycles. The van der Waals surface area contributed by atoms with Crippen LogP contribution < -0.4 is 0 Å². The van der Waals surface area contributed by atoms with Crippen LogP contribution in [0, 0.1) is 0 Å². The Labute approximate surface area is 81.1 Å². The van der Waals surface area contributed by atoms with Crippen molar-refractivity contribution >= 4 is 28.0 Å². The Balaban J connectivity index is 2.94. The molecule has 0 aliphatic carbocycles. The van der Waals surface area contributed by atoms with Crippen molar-refractivity contribution in [2.45, 2.75) is 4.90 Å². The molecule has 0 atom stereocenters. The number of thiol groups is 1. The lowest BCUT2D eigenvalue weighted by Crippen LogP contribution is -1.83. The second-order valence-corrected chi connectivity index (χ2v) is 3.65. The van der Waals surface area contributed by atoms with E-state index in [1.807, 2.05) is 0 Å². The highest BCUT2D eigenvalue weighted by atomic mass is 32.2. The maximum atomic E-state index is 10.9. The molecule has 0 N–H and O–H groups in total. The van der Waals surface area contributed by atoms with Crippen LogP contribution in [0.5, 0.6) is 0 Å². The molecular formula is C9H6O4S. The fourth-order valence-corrected chi connectivity index (χ4v) is 1.98.